The summed E-state index contributed by atoms with van der Waals surface area (Å²) >= 11 is 0. The molecule has 0 spiro atoms. The lowest BCUT2D eigenvalue weighted by atomic mass is 10.1. The van der Waals surface area contributed by atoms with Gasteiger partial charge in [-0.25, -0.2) is 0 Å². The van der Waals surface area contributed by atoms with E-state index in [1.807, 2.05) is 66.7 Å². The van der Waals surface area contributed by atoms with Crippen molar-refractivity contribution >= 4 is 11.6 Å². The lowest BCUT2D eigenvalue weighted by Gasteiger charge is -2.06. The second kappa shape index (κ2) is 9.71. The number of carbonyl (C=O) groups is 1. The predicted octanol–water partition coefficient (Wildman–Crippen LogP) is 5.37. The van der Waals surface area contributed by atoms with Crippen LogP contribution in [0, 0.1) is 0 Å². The molecule has 4 aromatic rings. The highest BCUT2D eigenvalue weighted by atomic mass is 16.5. The quantitative estimate of drug-likeness (QED) is 0.420. The molecule has 0 atom stereocenters. The Morgan fingerprint density at radius 1 is 0.903 bits per heavy atom. The van der Waals surface area contributed by atoms with Crippen molar-refractivity contribution in [1.82, 2.24) is 10.1 Å². The van der Waals surface area contributed by atoms with Crippen LogP contribution in [0.2, 0.25) is 0 Å². The van der Waals surface area contributed by atoms with Gasteiger partial charge < -0.3 is 14.6 Å². The molecule has 1 N–H and O–H groups in total. The van der Waals surface area contributed by atoms with Crippen molar-refractivity contribution in [3.63, 3.8) is 0 Å². The fourth-order valence-corrected chi connectivity index (χ4v) is 3.21. The molecule has 0 bridgehead atoms. The Morgan fingerprint density at radius 2 is 1.58 bits per heavy atom. The van der Waals surface area contributed by atoms with Gasteiger partial charge in [-0.3, -0.25) is 4.79 Å². The fraction of sp³-hybridized carbons (Fsp3) is 0.160. The van der Waals surface area contributed by atoms with E-state index >= 15 is 0 Å². The van der Waals surface area contributed by atoms with E-state index in [0.29, 0.717) is 31.0 Å². The van der Waals surface area contributed by atoms with Crippen LogP contribution in [0.5, 0.6) is 5.75 Å². The molecule has 156 valence electrons. The van der Waals surface area contributed by atoms with Gasteiger partial charge in [0.1, 0.15) is 5.75 Å². The average Bonchev–Trinajstić information content (AvgIpc) is 3.29. The van der Waals surface area contributed by atoms with Gasteiger partial charge in [-0.1, -0.05) is 47.6 Å². The topological polar surface area (TPSA) is 77.2 Å². The summed E-state index contributed by atoms with van der Waals surface area (Å²) in [7, 11) is 1.62. The molecular formula is C25H23N3O3. The molecule has 1 amide bonds. The van der Waals surface area contributed by atoms with Crippen LogP contribution < -0.4 is 10.1 Å². The van der Waals surface area contributed by atoms with E-state index in [2.05, 4.69) is 27.6 Å². The molecule has 0 radical (unpaired) electrons. The SMILES string of the molecule is COc1ccc(-c2noc(CCCC(=O)Nc3ccc(-c4ccccc4)cc3)n2)cc1. The summed E-state index contributed by atoms with van der Waals surface area (Å²) in [4.78, 5) is 16.7. The maximum Gasteiger partial charge on any atom is 0.226 e. The van der Waals surface area contributed by atoms with Crippen LogP contribution >= 0.6 is 0 Å². The number of anilines is 1. The predicted molar refractivity (Wildman–Crippen MR) is 120 cm³/mol. The summed E-state index contributed by atoms with van der Waals surface area (Å²) in [5.41, 5.74) is 3.90. The number of amides is 1. The van der Waals surface area contributed by atoms with Crippen molar-refractivity contribution in [1.29, 1.82) is 0 Å². The second-order valence-corrected chi connectivity index (χ2v) is 7.09. The highest BCUT2D eigenvalue weighted by molar-refractivity contribution is 5.91. The minimum Gasteiger partial charge on any atom is -0.497 e. The van der Waals surface area contributed by atoms with E-state index in [9.17, 15) is 4.79 Å². The number of nitrogens with zero attached hydrogens (tertiary/aromatic N) is 2. The third-order valence-corrected chi connectivity index (χ3v) is 4.89. The molecule has 4 rings (SSSR count). The summed E-state index contributed by atoms with van der Waals surface area (Å²) in [6, 6.07) is 25.4. The maximum atomic E-state index is 12.3. The highest BCUT2D eigenvalue weighted by Crippen LogP contribution is 2.22. The van der Waals surface area contributed by atoms with E-state index in [1.165, 1.54) is 0 Å². The average molecular weight is 413 g/mol. The molecule has 0 saturated heterocycles. The molecule has 1 heterocycles. The van der Waals surface area contributed by atoms with Crippen LogP contribution in [0.4, 0.5) is 5.69 Å². The molecular weight excluding hydrogens is 390 g/mol. The molecule has 0 saturated carbocycles. The Balaban J connectivity index is 1.25. The number of ether oxygens (including phenoxy) is 1. The third-order valence-electron chi connectivity index (χ3n) is 4.89. The molecule has 6 nitrogen and oxygen atoms in total. The van der Waals surface area contributed by atoms with E-state index in [0.717, 1.165) is 28.1 Å². The lowest BCUT2D eigenvalue weighted by Crippen LogP contribution is -2.11. The Labute approximate surface area is 180 Å². The zero-order valence-corrected chi connectivity index (χ0v) is 17.2. The van der Waals surface area contributed by atoms with Crippen LogP contribution in [-0.2, 0) is 11.2 Å². The second-order valence-electron chi connectivity index (χ2n) is 7.09. The van der Waals surface area contributed by atoms with Crippen molar-refractivity contribution in [3.05, 3.63) is 84.8 Å². The van der Waals surface area contributed by atoms with Crippen molar-refractivity contribution in [2.24, 2.45) is 0 Å². The fourth-order valence-electron chi connectivity index (χ4n) is 3.21. The van der Waals surface area contributed by atoms with Gasteiger partial charge in [-0.2, -0.15) is 4.98 Å². The number of nitrogens with one attached hydrogen (secondary N) is 1. The van der Waals surface area contributed by atoms with E-state index in [4.69, 9.17) is 9.26 Å². The smallest absolute Gasteiger partial charge is 0.226 e. The number of carbonyl (C=O) groups excluding carboxylic acids is 1. The number of aryl methyl sites for hydroxylation is 1. The number of methoxy groups -OCH3 is 1. The largest absolute Gasteiger partial charge is 0.497 e. The van der Waals surface area contributed by atoms with E-state index in [-0.39, 0.29) is 5.91 Å². The first-order valence-corrected chi connectivity index (χ1v) is 10.1. The third kappa shape index (κ3) is 5.36. The zero-order chi connectivity index (χ0) is 21.5. The molecule has 1 aromatic heterocycles. The van der Waals surface area contributed by atoms with Gasteiger partial charge in [-0.05, 0) is 53.9 Å². The lowest BCUT2D eigenvalue weighted by molar-refractivity contribution is -0.116. The maximum absolute atomic E-state index is 12.3. The first-order valence-electron chi connectivity index (χ1n) is 10.1. The Morgan fingerprint density at radius 3 is 2.29 bits per heavy atom. The highest BCUT2D eigenvalue weighted by Gasteiger charge is 2.10. The number of benzene rings is 3. The van der Waals surface area contributed by atoms with Gasteiger partial charge in [0.2, 0.25) is 17.6 Å². The van der Waals surface area contributed by atoms with Crippen molar-refractivity contribution in [3.8, 4) is 28.3 Å². The molecule has 0 aliphatic carbocycles. The van der Waals surface area contributed by atoms with E-state index < -0.39 is 0 Å². The van der Waals surface area contributed by atoms with Crippen LogP contribution in [0.25, 0.3) is 22.5 Å². The molecule has 0 fully saturated rings. The monoisotopic (exact) mass is 413 g/mol. The number of rotatable bonds is 8. The van der Waals surface area contributed by atoms with Crippen LogP contribution in [-0.4, -0.2) is 23.2 Å². The standard InChI is InChI=1S/C25H23N3O3/c1-30-22-16-12-20(13-17-22)25-27-24(31-28-25)9-5-8-23(29)26-21-14-10-19(11-15-21)18-6-3-2-4-7-18/h2-4,6-7,10-17H,5,8-9H2,1H3,(H,26,29). The molecule has 31 heavy (non-hydrogen) atoms. The summed E-state index contributed by atoms with van der Waals surface area (Å²) in [5, 5.41) is 6.94. The molecule has 6 heteroatoms. The van der Waals surface area contributed by atoms with Crippen LogP contribution in [0.3, 0.4) is 0 Å². The Kier molecular flexibility index (Phi) is 6.38. The zero-order valence-electron chi connectivity index (χ0n) is 17.2. The minimum atomic E-state index is -0.0395. The van der Waals surface area contributed by atoms with Crippen molar-refractivity contribution < 1.29 is 14.1 Å². The normalized spacial score (nSPS) is 10.6. The number of hydrogen-bond donors (Lipinski definition) is 1. The van der Waals surface area contributed by atoms with Crippen molar-refractivity contribution in [2.45, 2.75) is 19.3 Å². The minimum absolute atomic E-state index is 0.0395. The Hall–Kier alpha value is -3.93. The van der Waals surface area contributed by atoms with E-state index in [1.54, 1.807) is 7.11 Å². The van der Waals surface area contributed by atoms with Gasteiger partial charge in [0.25, 0.3) is 0 Å². The van der Waals surface area contributed by atoms with Gasteiger partial charge in [0.15, 0.2) is 0 Å². The molecule has 0 aliphatic heterocycles. The first kappa shape index (κ1) is 20.3. The van der Waals surface area contributed by atoms with Gasteiger partial charge >= 0.3 is 0 Å². The molecule has 3 aromatic carbocycles. The Bertz CT molecular complexity index is 1120. The summed E-state index contributed by atoms with van der Waals surface area (Å²) in [5.74, 6) is 1.78. The number of hydrogen-bond acceptors (Lipinski definition) is 5. The van der Waals surface area contributed by atoms with Gasteiger partial charge in [0, 0.05) is 24.1 Å². The molecule has 0 aliphatic rings. The first-order chi connectivity index (χ1) is 15.2. The summed E-state index contributed by atoms with van der Waals surface area (Å²) in [6.45, 7) is 0. The summed E-state index contributed by atoms with van der Waals surface area (Å²) in [6.07, 6.45) is 1.54. The van der Waals surface area contributed by atoms with Crippen LogP contribution in [0.1, 0.15) is 18.7 Å². The van der Waals surface area contributed by atoms with Crippen LogP contribution in [0.15, 0.2) is 83.4 Å². The van der Waals surface area contributed by atoms with Crippen molar-refractivity contribution in [2.75, 3.05) is 12.4 Å². The van der Waals surface area contributed by atoms with Gasteiger partial charge in [0.05, 0.1) is 7.11 Å². The molecule has 0 unspecified atom stereocenters. The summed E-state index contributed by atoms with van der Waals surface area (Å²) < 4.78 is 10.5. The van der Waals surface area contributed by atoms with Gasteiger partial charge in [-0.15, -0.1) is 0 Å². The number of aromatic nitrogens is 2.